The lowest BCUT2D eigenvalue weighted by molar-refractivity contribution is -0.120. The summed E-state index contributed by atoms with van der Waals surface area (Å²) in [7, 11) is -4.81. The number of nitrogens with one attached hydrogen (secondary N) is 1. The molecule has 3 heterocycles. The van der Waals surface area contributed by atoms with Crippen molar-refractivity contribution in [2.75, 3.05) is 11.9 Å². The van der Waals surface area contributed by atoms with Gasteiger partial charge in [-0.3, -0.25) is 14.3 Å². The molecule has 0 radical (unpaired) electrons. The van der Waals surface area contributed by atoms with Crippen LogP contribution in [-0.2, 0) is 19.5 Å². The van der Waals surface area contributed by atoms with Crippen LogP contribution in [0, 0.1) is 0 Å². The number of aromatic nitrogens is 2. The average molecular weight is 343 g/mol. The van der Waals surface area contributed by atoms with Gasteiger partial charge in [-0.15, -0.1) is 4.28 Å². The van der Waals surface area contributed by atoms with Crippen molar-refractivity contribution in [3.8, 4) is 0 Å². The molecule has 124 valence electrons. The predicted octanol–water partition coefficient (Wildman–Crippen LogP) is -0.582. The van der Waals surface area contributed by atoms with Crippen LogP contribution in [0.4, 0.5) is 10.6 Å². The van der Waals surface area contributed by atoms with E-state index in [1.54, 1.807) is 0 Å². The van der Waals surface area contributed by atoms with E-state index in [4.69, 9.17) is 4.55 Å². The Hall–Kier alpha value is -2.31. The number of rotatable bonds is 4. The average Bonchev–Trinajstić information content (AvgIpc) is 2.72. The normalized spacial score (nSPS) is 24.0. The van der Waals surface area contributed by atoms with Crippen molar-refractivity contribution in [2.24, 2.45) is 0 Å². The number of carbonyl (C=O) groups is 2. The molecule has 0 aliphatic carbocycles. The van der Waals surface area contributed by atoms with Gasteiger partial charge in [-0.1, -0.05) is 0 Å². The van der Waals surface area contributed by atoms with Crippen molar-refractivity contribution in [1.29, 1.82) is 0 Å². The van der Waals surface area contributed by atoms with E-state index < -0.39 is 34.4 Å². The Kier molecular flexibility index (Phi) is 3.87. The third-order valence-electron chi connectivity index (χ3n) is 3.61. The first-order chi connectivity index (χ1) is 10.8. The number of piperidine rings is 1. The fourth-order valence-corrected chi connectivity index (χ4v) is 3.07. The van der Waals surface area contributed by atoms with Crippen LogP contribution in [0.2, 0.25) is 0 Å². The molecule has 11 nitrogen and oxygen atoms in total. The maximum atomic E-state index is 12.3. The van der Waals surface area contributed by atoms with Gasteiger partial charge in [-0.05, 0) is 12.8 Å². The summed E-state index contributed by atoms with van der Waals surface area (Å²) in [6, 6.07) is -2.11. The topological polar surface area (TPSA) is 142 Å². The number of amides is 3. The summed E-state index contributed by atoms with van der Waals surface area (Å²) in [6.07, 6.45) is 4.91. The van der Waals surface area contributed by atoms with Gasteiger partial charge in [0.25, 0.3) is 0 Å². The number of urea groups is 1. The van der Waals surface area contributed by atoms with Crippen LogP contribution in [0.5, 0.6) is 0 Å². The minimum absolute atomic E-state index is 0.132. The number of hydrogen-bond acceptors (Lipinski definition) is 7. The minimum Gasteiger partial charge on any atom is -0.309 e. The van der Waals surface area contributed by atoms with Gasteiger partial charge in [0.2, 0.25) is 5.91 Å². The summed E-state index contributed by atoms with van der Waals surface area (Å²) >= 11 is 0. The SMILES string of the molecule is O=C(Nc1cnccn1)[C@@H]1CC[C@@H]2CN1C(=O)N2OS(=O)(=O)O. The van der Waals surface area contributed by atoms with Crippen LogP contribution >= 0.6 is 0 Å². The third kappa shape index (κ3) is 3.23. The van der Waals surface area contributed by atoms with E-state index in [1.165, 1.54) is 23.5 Å². The van der Waals surface area contributed by atoms with Crippen LogP contribution < -0.4 is 5.32 Å². The van der Waals surface area contributed by atoms with Gasteiger partial charge in [0.1, 0.15) is 6.04 Å². The molecular weight excluding hydrogens is 330 g/mol. The van der Waals surface area contributed by atoms with Gasteiger partial charge in [0.05, 0.1) is 12.2 Å². The number of hydroxylamine groups is 2. The molecule has 3 amide bonds. The zero-order valence-electron chi connectivity index (χ0n) is 11.7. The van der Waals surface area contributed by atoms with E-state index in [-0.39, 0.29) is 12.4 Å². The Balaban J connectivity index is 1.72. The zero-order valence-corrected chi connectivity index (χ0v) is 12.5. The van der Waals surface area contributed by atoms with E-state index in [0.717, 1.165) is 0 Å². The van der Waals surface area contributed by atoms with Gasteiger partial charge in [-0.2, -0.15) is 13.5 Å². The molecule has 12 heteroatoms. The highest BCUT2D eigenvalue weighted by molar-refractivity contribution is 7.80. The van der Waals surface area contributed by atoms with Crippen molar-refractivity contribution in [3.63, 3.8) is 0 Å². The maximum absolute atomic E-state index is 12.3. The van der Waals surface area contributed by atoms with Crippen molar-refractivity contribution >= 4 is 28.2 Å². The molecule has 2 saturated heterocycles. The number of fused-ring (bicyclic) bond motifs is 2. The molecular formula is C11H13N5O6S. The lowest BCUT2D eigenvalue weighted by Crippen LogP contribution is -2.47. The highest BCUT2D eigenvalue weighted by Gasteiger charge is 2.49. The molecule has 0 unspecified atom stereocenters. The van der Waals surface area contributed by atoms with Crippen LogP contribution in [0.1, 0.15) is 12.8 Å². The van der Waals surface area contributed by atoms with Crippen LogP contribution in [0.15, 0.2) is 18.6 Å². The molecule has 2 aliphatic heterocycles. The highest BCUT2D eigenvalue weighted by Crippen LogP contribution is 2.31. The zero-order chi connectivity index (χ0) is 16.6. The summed E-state index contributed by atoms with van der Waals surface area (Å²) in [4.78, 5) is 33.4. The lowest BCUT2D eigenvalue weighted by atomic mass is 10.0. The first kappa shape index (κ1) is 15.6. The van der Waals surface area contributed by atoms with Crippen molar-refractivity contribution in [2.45, 2.75) is 24.9 Å². The predicted molar refractivity (Wildman–Crippen MR) is 74.0 cm³/mol. The number of anilines is 1. The Bertz CT molecular complexity index is 726. The fourth-order valence-electron chi connectivity index (χ4n) is 2.68. The molecule has 0 aromatic carbocycles. The largest absolute Gasteiger partial charge is 0.418 e. The van der Waals surface area contributed by atoms with Gasteiger partial charge < -0.3 is 10.2 Å². The van der Waals surface area contributed by atoms with Crippen LogP contribution in [0.25, 0.3) is 0 Å². The third-order valence-corrected chi connectivity index (χ3v) is 3.96. The molecule has 2 atom stereocenters. The summed E-state index contributed by atoms with van der Waals surface area (Å²) in [6.45, 7) is 0.132. The number of carbonyl (C=O) groups excluding carboxylic acids is 2. The smallest absolute Gasteiger partial charge is 0.309 e. The maximum Gasteiger partial charge on any atom is 0.418 e. The van der Waals surface area contributed by atoms with Gasteiger partial charge in [0.15, 0.2) is 5.82 Å². The minimum atomic E-state index is -4.81. The molecule has 0 saturated carbocycles. The second-order valence-corrected chi connectivity index (χ2v) is 6.09. The molecule has 2 fully saturated rings. The Morgan fingerprint density at radius 2 is 2.17 bits per heavy atom. The monoisotopic (exact) mass is 343 g/mol. The molecule has 23 heavy (non-hydrogen) atoms. The Morgan fingerprint density at radius 1 is 1.39 bits per heavy atom. The molecule has 1 aromatic heterocycles. The second kappa shape index (κ2) is 5.72. The van der Waals surface area contributed by atoms with Crippen molar-refractivity contribution in [1.82, 2.24) is 19.9 Å². The number of nitrogens with zero attached hydrogens (tertiary/aromatic N) is 4. The van der Waals surface area contributed by atoms with Gasteiger partial charge >= 0.3 is 16.4 Å². The van der Waals surface area contributed by atoms with Gasteiger partial charge in [-0.25, -0.2) is 9.78 Å². The standard InChI is InChI=1S/C11H13N5O6S/c17-10(14-9-5-12-3-4-13-9)8-2-1-7-6-15(8)11(18)16(7)22-23(19,20)21/h3-5,7-8H,1-2,6H2,(H,13,14,17)(H,19,20,21)/t7-,8+/m1/s1. The molecule has 0 spiro atoms. The Labute approximate surface area is 131 Å². The highest BCUT2D eigenvalue weighted by atomic mass is 32.3. The first-order valence-electron chi connectivity index (χ1n) is 6.69. The summed E-state index contributed by atoms with van der Waals surface area (Å²) < 4.78 is 34.6. The number of hydrogen-bond donors (Lipinski definition) is 2. The first-order valence-corrected chi connectivity index (χ1v) is 8.05. The van der Waals surface area contributed by atoms with E-state index in [2.05, 4.69) is 19.6 Å². The molecule has 2 bridgehead atoms. The summed E-state index contributed by atoms with van der Waals surface area (Å²) in [5, 5.41) is 3.13. The van der Waals surface area contributed by atoms with E-state index in [1.807, 2.05) is 0 Å². The fraction of sp³-hybridized carbons (Fsp3) is 0.455. The van der Waals surface area contributed by atoms with E-state index >= 15 is 0 Å². The van der Waals surface area contributed by atoms with E-state index in [0.29, 0.717) is 17.9 Å². The van der Waals surface area contributed by atoms with Crippen molar-refractivity contribution in [3.05, 3.63) is 18.6 Å². The van der Waals surface area contributed by atoms with Crippen LogP contribution in [0.3, 0.4) is 0 Å². The Morgan fingerprint density at radius 3 is 2.83 bits per heavy atom. The molecule has 2 aliphatic rings. The van der Waals surface area contributed by atoms with Gasteiger partial charge in [0, 0.05) is 18.9 Å². The molecule has 3 rings (SSSR count). The quantitative estimate of drug-likeness (QED) is 0.691. The second-order valence-electron chi connectivity index (χ2n) is 5.09. The summed E-state index contributed by atoms with van der Waals surface area (Å²) in [5.74, 6) is -0.205. The van der Waals surface area contributed by atoms with E-state index in [9.17, 15) is 18.0 Å². The molecule has 2 N–H and O–H groups in total. The summed E-state index contributed by atoms with van der Waals surface area (Å²) in [5.41, 5.74) is 0. The van der Waals surface area contributed by atoms with Crippen molar-refractivity contribution < 1.29 is 26.8 Å². The van der Waals surface area contributed by atoms with Crippen LogP contribution in [-0.4, -0.2) is 63.5 Å². The molecule has 1 aromatic rings. The lowest BCUT2D eigenvalue weighted by Gasteiger charge is -2.28.